The summed E-state index contributed by atoms with van der Waals surface area (Å²) in [7, 11) is 0. The highest BCUT2D eigenvalue weighted by molar-refractivity contribution is 5.58. The van der Waals surface area contributed by atoms with E-state index in [0.29, 0.717) is 0 Å². The summed E-state index contributed by atoms with van der Waals surface area (Å²) in [5.41, 5.74) is 0. The molecule has 6 heteroatoms. The van der Waals surface area contributed by atoms with Crippen LogP contribution in [0.1, 0.15) is 6.92 Å². The summed E-state index contributed by atoms with van der Waals surface area (Å²) in [5, 5.41) is 0. The van der Waals surface area contributed by atoms with Crippen LogP contribution in [-0.2, 0) is 9.68 Å². The summed E-state index contributed by atoms with van der Waals surface area (Å²) in [5.74, 6) is 0. The van der Waals surface area contributed by atoms with Gasteiger partial charge in [0.15, 0.2) is 0 Å². The Hall–Kier alpha value is -0.940. The molecular weight excluding hydrogens is 153 g/mol. The van der Waals surface area contributed by atoms with E-state index in [0.717, 1.165) is 0 Å². The van der Waals surface area contributed by atoms with Crippen molar-refractivity contribution in [3.05, 3.63) is 0 Å². The zero-order valence-electron chi connectivity index (χ0n) is 5.27. The molecule has 0 aromatic rings. The van der Waals surface area contributed by atoms with E-state index in [1.54, 1.807) is 6.92 Å². The van der Waals surface area contributed by atoms with Crippen molar-refractivity contribution in [3.8, 4) is 0 Å². The van der Waals surface area contributed by atoms with Crippen molar-refractivity contribution >= 4 is 6.16 Å². The Labute approximate surface area is 55.6 Å². The number of rotatable bonds is 1. The zero-order chi connectivity index (χ0) is 8.41. The third-order valence-corrected chi connectivity index (χ3v) is 0.325. The van der Waals surface area contributed by atoms with Crippen LogP contribution in [0, 0.1) is 0 Å². The van der Waals surface area contributed by atoms with Crippen LogP contribution in [0.3, 0.4) is 0 Å². The highest BCUT2D eigenvalue weighted by atomic mass is 19.3. The van der Waals surface area contributed by atoms with Crippen molar-refractivity contribution in [1.82, 2.24) is 0 Å². The summed E-state index contributed by atoms with van der Waals surface area (Å²) in [6.07, 6.45) is -1.29. The van der Waals surface area contributed by atoms with Crippen molar-refractivity contribution in [3.63, 3.8) is 0 Å². The lowest BCUT2D eigenvalue weighted by Crippen LogP contribution is -1.99. The minimum atomic E-state index is -1.75. The highest BCUT2D eigenvalue weighted by Crippen LogP contribution is 1.82. The van der Waals surface area contributed by atoms with Gasteiger partial charge in [0.25, 0.3) is 0 Å². The number of carbonyl (C=O) groups is 1. The van der Waals surface area contributed by atoms with E-state index >= 15 is 0 Å². The van der Waals surface area contributed by atoms with Crippen LogP contribution in [0.25, 0.3) is 0 Å². The Kier molecular flexibility index (Phi) is 12.9. The summed E-state index contributed by atoms with van der Waals surface area (Å²) in [6, 6.07) is 0. The lowest BCUT2D eigenvalue weighted by Gasteiger charge is -1.90. The van der Waals surface area contributed by atoms with Gasteiger partial charge in [-0.05, 0) is 6.92 Å². The monoisotopic (exact) mass is 160 g/mol. The van der Waals surface area contributed by atoms with Gasteiger partial charge in [-0.25, -0.2) is 18.5 Å². The predicted molar refractivity (Wildman–Crippen MR) is 26.3 cm³/mol. The average Bonchev–Trinajstić information content (AvgIpc) is 1.90. The van der Waals surface area contributed by atoms with Gasteiger partial charge in [-0.1, -0.05) is 0 Å². The standard InChI is InChI=1S/C3H5FO3.CH2F2/c1-2-6-3(5)7-4;2-1-3/h2H2,1H3;1H2. The van der Waals surface area contributed by atoms with Gasteiger partial charge in [0, 0.05) is 4.53 Å². The van der Waals surface area contributed by atoms with Crippen LogP contribution in [0.2, 0.25) is 0 Å². The molecule has 62 valence electrons. The Morgan fingerprint density at radius 3 is 2.00 bits per heavy atom. The molecule has 0 atom stereocenters. The van der Waals surface area contributed by atoms with Gasteiger partial charge in [0.2, 0.25) is 6.93 Å². The lowest BCUT2D eigenvalue weighted by molar-refractivity contribution is -0.0993. The molecule has 0 aliphatic rings. The molecule has 0 heterocycles. The van der Waals surface area contributed by atoms with E-state index in [4.69, 9.17) is 0 Å². The molecule has 0 fully saturated rings. The molecule has 0 aliphatic carbocycles. The molecular formula is C4H7F3O3. The van der Waals surface area contributed by atoms with Crippen LogP contribution >= 0.6 is 0 Å². The molecule has 0 radical (unpaired) electrons. The molecule has 0 amide bonds. The maximum Gasteiger partial charge on any atom is 0.544 e. The molecule has 0 bridgehead atoms. The van der Waals surface area contributed by atoms with Gasteiger partial charge in [-0.3, -0.25) is 0 Å². The molecule has 0 rings (SSSR count). The normalized spacial score (nSPS) is 7.20. The Morgan fingerprint density at radius 2 is 1.90 bits per heavy atom. The van der Waals surface area contributed by atoms with Crippen molar-refractivity contribution < 1.29 is 27.8 Å². The van der Waals surface area contributed by atoms with E-state index in [1.807, 2.05) is 0 Å². The molecule has 0 aliphatic heterocycles. The third kappa shape index (κ3) is 15.7. The Bertz CT molecular complexity index is 78.1. The van der Waals surface area contributed by atoms with Crippen LogP contribution in [0.5, 0.6) is 0 Å². The molecule has 0 aromatic carbocycles. The Morgan fingerprint density at radius 1 is 1.50 bits per heavy atom. The first-order valence-electron chi connectivity index (χ1n) is 2.30. The van der Waals surface area contributed by atoms with E-state index in [9.17, 15) is 18.1 Å². The molecule has 0 aromatic heterocycles. The molecule has 0 saturated carbocycles. The fourth-order valence-corrected chi connectivity index (χ4v) is 0.140. The summed E-state index contributed by atoms with van der Waals surface area (Å²) >= 11 is 0. The lowest BCUT2D eigenvalue weighted by atomic mass is 10.9. The molecule has 0 saturated heterocycles. The van der Waals surface area contributed by atoms with Crippen molar-refractivity contribution in [2.45, 2.75) is 6.92 Å². The van der Waals surface area contributed by atoms with Gasteiger partial charge in [-0.2, -0.15) is 0 Å². The SMILES string of the molecule is CCOC(=O)OF.FCF. The first kappa shape index (κ1) is 11.8. The minimum absolute atomic E-state index is 0.128. The topological polar surface area (TPSA) is 35.5 Å². The van der Waals surface area contributed by atoms with Crippen LogP contribution in [0.15, 0.2) is 0 Å². The Balaban J connectivity index is 0. The number of halogens is 3. The van der Waals surface area contributed by atoms with Crippen LogP contribution in [-0.4, -0.2) is 19.7 Å². The number of carbonyl (C=O) groups excluding carboxylic acids is 1. The van der Waals surface area contributed by atoms with Crippen LogP contribution in [0.4, 0.5) is 18.1 Å². The first-order chi connectivity index (χ1) is 4.72. The van der Waals surface area contributed by atoms with Crippen molar-refractivity contribution in [1.29, 1.82) is 0 Å². The first-order valence-corrected chi connectivity index (χ1v) is 2.30. The maximum absolute atomic E-state index is 10.6. The minimum Gasteiger partial charge on any atom is -0.432 e. The van der Waals surface area contributed by atoms with Gasteiger partial charge < -0.3 is 4.74 Å². The molecule has 10 heavy (non-hydrogen) atoms. The van der Waals surface area contributed by atoms with Crippen LogP contribution < -0.4 is 0 Å². The number of hydrogen-bond acceptors (Lipinski definition) is 3. The molecule has 0 unspecified atom stereocenters. The smallest absolute Gasteiger partial charge is 0.432 e. The summed E-state index contributed by atoms with van der Waals surface area (Å²) in [6.45, 7) is -0.0698. The average molecular weight is 160 g/mol. The van der Waals surface area contributed by atoms with Crippen molar-refractivity contribution in [2.24, 2.45) is 0 Å². The van der Waals surface area contributed by atoms with Gasteiger partial charge in [0.1, 0.15) is 0 Å². The van der Waals surface area contributed by atoms with Gasteiger partial charge in [0.05, 0.1) is 6.61 Å². The summed E-state index contributed by atoms with van der Waals surface area (Å²) in [4.78, 5) is 12.2. The van der Waals surface area contributed by atoms with Crippen molar-refractivity contribution in [2.75, 3.05) is 13.5 Å². The summed E-state index contributed by atoms with van der Waals surface area (Å²) < 4.78 is 33.8. The largest absolute Gasteiger partial charge is 0.544 e. The van der Waals surface area contributed by atoms with E-state index < -0.39 is 13.1 Å². The second-order valence-corrected chi connectivity index (χ2v) is 0.861. The fraction of sp³-hybridized carbons (Fsp3) is 0.750. The van der Waals surface area contributed by atoms with Gasteiger partial charge in [-0.15, -0.1) is 0 Å². The van der Waals surface area contributed by atoms with E-state index in [-0.39, 0.29) is 6.61 Å². The predicted octanol–water partition coefficient (Wildman–Crippen LogP) is 1.93. The molecule has 0 N–H and O–H groups in total. The number of alkyl halides is 2. The molecule has 3 nitrogen and oxygen atoms in total. The number of ether oxygens (including phenoxy) is 1. The zero-order valence-corrected chi connectivity index (χ0v) is 5.27. The molecule has 0 spiro atoms. The second kappa shape index (κ2) is 10.9. The van der Waals surface area contributed by atoms with E-state index in [1.165, 1.54) is 0 Å². The third-order valence-electron chi connectivity index (χ3n) is 0.325. The maximum atomic E-state index is 10.6. The van der Waals surface area contributed by atoms with E-state index in [2.05, 4.69) is 9.68 Å². The van der Waals surface area contributed by atoms with Gasteiger partial charge >= 0.3 is 6.16 Å². The fourth-order valence-electron chi connectivity index (χ4n) is 0.140. The highest BCUT2D eigenvalue weighted by Gasteiger charge is 1.97. The quantitative estimate of drug-likeness (QED) is 0.549. The number of hydrogen-bond donors (Lipinski definition) is 0. The second-order valence-electron chi connectivity index (χ2n) is 0.861.